The molecule has 0 aromatic heterocycles. The smallest absolute Gasteiger partial charge is 0.335 e. The highest BCUT2D eigenvalue weighted by Crippen LogP contribution is 2.28. The third-order valence-electron chi connectivity index (χ3n) is 3.09. The molecule has 4 heteroatoms. The summed E-state index contributed by atoms with van der Waals surface area (Å²) in [6, 6.07) is 4.29. The zero-order valence-electron chi connectivity index (χ0n) is 9.85. The zero-order valence-corrected chi connectivity index (χ0v) is 9.85. The van der Waals surface area contributed by atoms with Crippen LogP contribution in [0.5, 0.6) is 0 Å². The van der Waals surface area contributed by atoms with Gasteiger partial charge in [-0.2, -0.15) is 0 Å². The predicted octanol–water partition coefficient (Wildman–Crippen LogP) is 3.04. The SMILES string of the molecule is O=C(O)c1cc(C(=O)O)cc(C2=CCCCC2)c1. The number of rotatable bonds is 3. The number of carboxylic acids is 2. The van der Waals surface area contributed by atoms with Crippen molar-refractivity contribution in [3.8, 4) is 0 Å². The molecule has 18 heavy (non-hydrogen) atoms. The number of carboxylic acid groups (broad SMARTS) is 2. The van der Waals surface area contributed by atoms with Crippen molar-refractivity contribution in [2.24, 2.45) is 0 Å². The lowest BCUT2D eigenvalue weighted by Crippen LogP contribution is -2.04. The fraction of sp³-hybridized carbons (Fsp3) is 0.286. The van der Waals surface area contributed by atoms with Gasteiger partial charge in [0, 0.05) is 0 Å². The van der Waals surface area contributed by atoms with E-state index in [-0.39, 0.29) is 11.1 Å². The number of aromatic carboxylic acids is 2. The predicted molar refractivity (Wildman–Crippen MR) is 66.8 cm³/mol. The second kappa shape index (κ2) is 5.04. The summed E-state index contributed by atoms with van der Waals surface area (Å²) in [5.41, 5.74) is 1.81. The molecule has 0 heterocycles. The van der Waals surface area contributed by atoms with Crippen molar-refractivity contribution >= 4 is 17.5 Å². The highest BCUT2D eigenvalue weighted by atomic mass is 16.4. The van der Waals surface area contributed by atoms with Gasteiger partial charge in [-0.3, -0.25) is 0 Å². The van der Waals surface area contributed by atoms with E-state index in [1.807, 2.05) is 0 Å². The van der Waals surface area contributed by atoms with E-state index in [2.05, 4.69) is 6.08 Å². The van der Waals surface area contributed by atoms with Gasteiger partial charge in [-0.25, -0.2) is 9.59 Å². The Balaban J connectivity index is 2.49. The Kier molecular flexibility index (Phi) is 3.46. The molecule has 0 spiro atoms. The maximum atomic E-state index is 11.0. The summed E-state index contributed by atoms with van der Waals surface area (Å²) >= 11 is 0. The Labute approximate surface area is 105 Å². The van der Waals surface area contributed by atoms with Crippen LogP contribution in [-0.2, 0) is 0 Å². The first-order valence-electron chi connectivity index (χ1n) is 5.89. The van der Waals surface area contributed by atoms with Crippen molar-refractivity contribution < 1.29 is 19.8 Å². The van der Waals surface area contributed by atoms with Crippen LogP contribution in [0.2, 0.25) is 0 Å². The zero-order chi connectivity index (χ0) is 13.1. The molecule has 0 atom stereocenters. The molecular weight excluding hydrogens is 232 g/mol. The van der Waals surface area contributed by atoms with Gasteiger partial charge in [0.1, 0.15) is 0 Å². The largest absolute Gasteiger partial charge is 0.478 e. The van der Waals surface area contributed by atoms with Gasteiger partial charge in [0.05, 0.1) is 11.1 Å². The van der Waals surface area contributed by atoms with Gasteiger partial charge in [-0.15, -0.1) is 0 Å². The van der Waals surface area contributed by atoms with Gasteiger partial charge in [-0.05, 0) is 55.0 Å². The van der Waals surface area contributed by atoms with Crippen molar-refractivity contribution in [2.75, 3.05) is 0 Å². The Morgan fingerprint density at radius 1 is 0.944 bits per heavy atom. The maximum Gasteiger partial charge on any atom is 0.335 e. The molecular formula is C14H14O4. The third kappa shape index (κ3) is 2.59. The molecule has 94 valence electrons. The van der Waals surface area contributed by atoms with Crippen LogP contribution in [0.1, 0.15) is 52.0 Å². The number of allylic oxidation sites excluding steroid dienone is 2. The molecule has 1 aromatic carbocycles. The van der Waals surface area contributed by atoms with E-state index >= 15 is 0 Å². The average molecular weight is 246 g/mol. The number of hydrogen-bond donors (Lipinski definition) is 2. The van der Waals surface area contributed by atoms with Crippen LogP contribution >= 0.6 is 0 Å². The summed E-state index contributed by atoms with van der Waals surface area (Å²) in [6.45, 7) is 0. The van der Waals surface area contributed by atoms with Gasteiger partial charge in [-0.1, -0.05) is 6.08 Å². The van der Waals surface area contributed by atoms with Crippen LogP contribution in [0.3, 0.4) is 0 Å². The first kappa shape index (κ1) is 12.4. The van der Waals surface area contributed by atoms with E-state index in [1.165, 1.54) is 6.07 Å². The summed E-state index contributed by atoms with van der Waals surface area (Å²) in [7, 11) is 0. The first-order chi connectivity index (χ1) is 8.58. The fourth-order valence-corrected chi connectivity index (χ4v) is 2.16. The minimum absolute atomic E-state index is 0.0244. The van der Waals surface area contributed by atoms with E-state index in [4.69, 9.17) is 10.2 Å². The molecule has 1 aliphatic rings. The summed E-state index contributed by atoms with van der Waals surface area (Å²) in [4.78, 5) is 22.0. The van der Waals surface area contributed by atoms with Crippen LogP contribution in [-0.4, -0.2) is 22.2 Å². The summed E-state index contributed by atoms with van der Waals surface area (Å²) < 4.78 is 0. The average Bonchev–Trinajstić information content (AvgIpc) is 2.39. The van der Waals surface area contributed by atoms with Crippen LogP contribution in [0.15, 0.2) is 24.3 Å². The molecule has 2 N–H and O–H groups in total. The topological polar surface area (TPSA) is 74.6 Å². The molecule has 0 bridgehead atoms. The molecule has 0 unspecified atom stereocenters. The van der Waals surface area contributed by atoms with Gasteiger partial charge in [0.2, 0.25) is 0 Å². The molecule has 1 aromatic rings. The van der Waals surface area contributed by atoms with E-state index in [9.17, 15) is 9.59 Å². The summed E-state index contributed by atoms with van der Waals surface area (Å²) in [5.74, 6) is -2.20. The quantitative estimate of drug-likeness (QED) is 0.859. The molecule has 0 aliphatic heterocycles. The highest BCUT2D eigenvalue weighted by molar-refractivity contribution is 5.95. The van der Waals surface area contributed by atoms with Gasteiger partial charge in [0.25, 0.3) is 0 Å². The molecule has 0 radical (unpaired) electrons. The Morgan fingerprint density at radius 3 is 2.00 bits per heavy atom. The van der Waals surface area contributed by atoms with Crippen molar-refractivity contribution in [2.45, 2.75) is 25.7 Å². The third-order valence-corrected chi connectivity index (χ3v) is 3.09. The Morgan fingerprint density at radius 2 is 1.56 bits per heavy atom. The lowest BCUT2D eigenvalue weighted by Gasteiger charge is -2.14. The number of benzene rings is 1. The number of hydrogen-bond acceptors (Lipinski definition) is 2. The highest BCUT2D eigenvalue weighted by Gasteiger charge is 2.14. The minimum atomic E-state index is -1.10. The van der Waals surface area contributed by atoms with E-state index < -0.39 is 11.9 Å². The van der Waals surface area contributed by atoms with E-state index in [0.717, 1.165) is 31.3 Å². The fourth-order valence-electron chi connectivity index (χ4n) is 2.16. The van der Waals surface area contributed by atoms with Crippen molar-refractivity contribution in [3.05, 3.63) is 41.0 Å². The molecule has 0 amide bonds. The van der Waals surface area contributed by atoms with Gasteiger partial charge >= 0.3 is 11.9 Å². The van der Waals surface area contributed by atoms with Gasteiger partial charge in [0.15, 0.2) is 0 Å². The molecule has 0 saturated carbocycles. The van der Waals surface area contributed by atoms with Gasteiger partial charge < -0.3 is 10.2 Å². The standard InChI is InChI=1S/C14H14O4/c15-13(16)11-6-10(7-12(8-11)14(17)18)9-4-2-1-3-5-9/h4,6-8H,1-3,5H2,(H,15,16)(H,17,18). The Bertz CT molecular complexity index is 496. The maximum absolute atomic E-state index is 11.0. The second-order valence-electron chi connectivity index (χ2n) is 4.38. The molecule has 0 fully saturated rings. The Hall–Kier alpha value is -2.10. The van der Waals surface area contributed by atoms with Crippen molar-refractivity contribution in [1.29, 1.82) is 0 Å². The molecule has 4 nitrogen and oxygen atoms in total. The van der Waals surface area contributed by atoms with E-state index in [0.29, 0.717) is 5.56 Å². The second-order valence-corrected chi connectivity index (χ2v) is 4.38. The van der Waals surface area contributed by atoms with Crippen LogP contribution in [0.4, 0.5) is 0 Å². The lowest BCUT2D eigenvalue weighted by atomic mass is 9.91. The molecule has 1 aliphatic carbocycles. The first-order valence-corrected chi connectivity index (χ1v) is 5.89. The van der Waals surface area contributed by atoms with E-state index in [1.54, 1.807) is 12.1 Å². The summed E-state index contributed by atoms with van der Waals surface area (Å²) in [5, 5.41) is 18.0. The number of carbonyl (C=O) groups is 2. The van der Waals surface area contributed by atoms with Crippen LogP contribution in [0, 0.1) is 0 Å². The minimum Gasteiger partial charge on any atom is -0.478 e. The summed E-state index contributed by atoms with van der Waals surface area (Å²) in [6.07, 6.45) is 6.10. The monoisotopic (exact) mass is 246 g/mol. The van der Waals surface area contributed by atoms with Crippen LogP contribution in [0.25, 0.3) is 5.57 Å². The molecule has 2 rings (SSSR count). The lowest BCUT2D eigenvalue weighted by molar-refractivity contribution is 0.0696. The normalized spacial score (nSPS) is 15.0. The van der Waals surface area contributed by atoms with Crippen molar-refractivity contribution in [1.82, 2.24) is 0 Å². The van der Waals surface area contributed by atoms with Crippen molar-refractivity contribution in [3.63, 3.8) is 0 Å². The van der Waals surface area contributed by atoms with Crippen LogP contribution < -0.4 is 0 Å². The molecule has 0 saturated heterocycles.